The molecule has 5 rings (SSSR count). The van der Waals surface area contributed by atoms with E-state index in [1.807, 2.05) is 18.2 Å². The molecule has 2 aliphatic rings. The average molecular weight is 421 g/mol. The smallest absolute Gasteiger partial charge is 0.267 e. The maximum absolute atomic E-state index is 13.3. The highest BCUT2D eigenvalue weighted by molar-refractivity contribution is 5.89. The Morgan fingerprint density at radius 2 is 1.68 bits per heavy atom. The van der Waals surface area contributed by atoms with E-state index in [9.17, 15) is 9.18 Å². The first kappa shape index (κ1) is 19.2. The minimum absolute atomic E-state index is 0.136. The van der Waals surface area contributed by atoms with Crippen molar-refractivity contribution in [1.29, 1.82) is 0 Å². The predicted octanol–water partition coefficient (Wildman–Crippen LogP) is 4.09. The van der Waals surface area contributed by atoms with Gasteiger partial charge < -0.3 is 23.8 Å². The highest BCUT2D eigenvalue weighted by Crippen LogP contribution is 2.42. The average Bonchev–Trinajstić information content (AvgIpc) is 3.27. The summed E-state index contributed by atoms with van der Waals surface area (Å²) in [5.74, 6) is 2.15. The topological polar surface area (TPSA) is 57.2 Å². The second kappa shape index (κ2) is 7.83. The molecule has 2 heterocycles. The van der Waals surface area contributed by atoms with Gasteiger partial charge in [0.25, 0.3) is 5.91 Å². The molecule has 3 aromatic rings. The first-order chi connectivity index (χ1) is 15.1. The van der Waals surface area contributed by atoms with E-state index in [1.54, 1.807) is 48.4 Å². The fraction of sp³-hybridized carbons (Fsp3) is 0.208. The molecule has 0 unspecified atom stereocenters. The quantitative estimate of drug-likeness (QED) is 0.561. The number of fused-ring (bicyclic) bond motifs is 1. The Morgan fingerprint density at radius 1 is 0.968 bits per heavy atom. The zero-order chi connectivity index (χ0) is 21.4. The van der Waals surface area contributed by atoms with E-state index < -0.39 is 6.10 Å². The van der Waals surface area contributed by atoms with E-state index in [-0.39, 0.29) is 24.6 Å². The number of benzene rings is 3. The lowest BCUT2D eigenvalue weighted by molar-refractivity contribution is -0.165. The van der Waals surface area contributed by atoms with Crippen molar-refractivity contribution >= 4 is 5.91 Å². The van der Waals surface area contributed by atoms with Crippen LogP contribution in [-0.4, -0.2) is 30.8 Å². The van der Waals surface area contributed by atoms with Crippen LogP contribution in [0.5, 0.6) is 23.0 Å². The SMILES string of the molecule is COc1ccc(O[C@@H]2C(=O)N(Cc3ccc(F)cc3)[C@H]2c2ccc3c(c2)OCO3)cc1. The Bertz CT molecular complexity index is 1100. The summed E-state index contributed by atoms with van der Waals surface area (Å²) in [5.41, 5.74) is 1.72. The Morgan fingerprint density at radius 3 is 2.42 bits per heavy atom. The van der Waals surface area contributed by atoms with Crippen molar-refractivity contribution < 1.29 is 28.1 Å². The largest absolute Gasteiger partial charge is 0.497 e. The molecule has 0 radical (unpaired) electrons. The van der Waals surface area contributed by atoms with Gasteiger partial charge in [0, 0.05) is 6.54 Å². The minimum Gasteiger partial charge on any atom is -0.497 e. The molecule has 2 atom stereocenters. The van der Waals surface area contributed by atoms with Crippen molar-refractivity contribution in [3.8, 4) is 23.0 Å². The molecular weight excluding hydrogens is 401 g/mol. The van der Waals surface area contributed by atoms with Crippen LogP contribution in [0.1, 0.15) is 17.2 Å². The Labute approximate surface area is 178 Å². The van der Waals surface area contributed by atoms with Crippen molar-refractivity contribution in [1.82, 2.24) is 4.90 Å². The number of likely N-dealkylation sites (tertiary alicyclic amines) is 1. The van der Waals surface area contributed by atoms with Gasteiger partial charge in [-0.2, -0.15) is 0 Å². The van der Waals surface area contributed by atoms with Gasteiger partial charge in [-0.1, -0.05) is 18.2 Å². The number of ether oxygens (including phenoxy) is 4. The van der Waals surface area contributed by atoms with Gasteiger partial charge >= 0.3 is 0 Å². The van der Waals surface area contributed by atoms with Crippen LogP contribution in [-0.2, 0) is 11.3 Å². The number of nitrogens with zero attached hydrogens (tertiary/aromatic N) is 1. The van der Waals surface area contributed by atoms with Crippen LogP contribution in [0.25, 0.3) is 0 Å². The number of β-lactam (4-membered cyclic amide) rings is 1. The number of amides is 1. The summed E-state index contributed by atoms with van der Waals surface area (Å²) in [6.45, 7) is 0.522. The van der Waals surface area contributed by atoms with Gasteiger partial charge in [-0.15, -0.1) is 0 Å². The summed E-state index contributed by atoms with van der Waals surface area (Å²) in [5, 5.41) is 0. The maximum Gasteiger partial charge on any atom is 0.267 e. The van der Waals surface area contributed by atoms with Gasteiger partial charge in [0.05, 0.1) is 7.11 Å². The Hall–Kier alpha value is -3.74. The maximum atomic E-state index is 13.3. The number of rotatable bonds is 6. The lowest BCUT2D eigenvalue weighted by Gasteiger charge is -2.46. The molecule has 158 valence electrons. The number of hydrogen-bond acceptors (Lipinski definition) is 5. The van der Waals surface area contributed by atoms with Crippen molar-refractivity contribution in [2.75, 3.05) is 13.9 Å². The normalized spacial score (nSPS) is 19.2. The monoisotopic (exact) mass is 421 g/mol. The lowest BCUT2D eigenvalue weighted by Crippen LogP contribution is -2.60. The molecular formula is C24H20FNO5. The van der Waals surface area contributed by atoms with Gasteiger partial charge in [0.2, 0.25) is 12.9 Å². The van der Waals surface area contributed by atoms with Crippen LogP contribution in [0.3, 0.4) is 0 Å². The summed E-state index contributed by atoms with van der Waals surface area (Å²) in [6, 6.07) is 18.5. The van der Waals surface area contributed by atoms with E-state index in [1.165, 1.54) is 12.1 Å². The molecule has 7 heteroatoms. The third-order valence-electron chi connectivity index (χ3n) is 5.48. The zero-order valence-electron chi connectivity index (χ0n) is 16.8. The third kappa shape index (κ3) is 3.63. The van der Waals surface area contributed by atoms with E-state index in [4.69, 9.17) is 18.9 Å². The molecule has 0 N–H and O–H groups in total. The Kier molecular flexibility index (Phi) is 4.86. The van der Waals surface area contributed by atoms with Crippen LogP contribution >= 0.6 is 0 Å². The van der Waals surface area contributed by atoms with E-state index in [0.29, 0.717) is 29.5 Å². The van der Waals surface area contributed by atoms with Crippen LogP contribution in [0, 0.1) is 5.82 Å². The second-order valence-electron chi connectivity index (χ2n) is 7.36. The van der Waals surface area contributed by atoms with Gasteiger partial charge in [0.15, 0.2) is 11.5 Å². The molecule has 0 aromatic heterocycles. The van der Waals surface area contributed by atoms with Gasteiger partial charge in [-0.3, -0.25) is 4.79 Å². The molecule has 6 nitrogen and oxygen atoms in total. The number of methoxy groups -OCH3 is 1. The van der Waals surface area contributed by atoms with Crippen LogP contribution < -0.4 is 18.9 Å². The van der Waals surface area contributed by atoms with Crippen LogP contribution in [0.2, 0.25) is 0 Å². The predicted molar refractivity (Wildman–Crippen MR) is 110 cm³/mol. The van der Waals surface area contributed by atoms with Crippen molar-refractivity contribution in [3.05, 3.63) is 83.7 Å². The molecule has 0 aliphatic carbocycles. The first-order valence-corrected chi connectivity index (χ1v) is 9.87. The highest BCUT2D eigenvalue weighted by atomic mass is 19.1. The zero-order valence-corrected chi connectivity index (χ0v) is 16.8. The fourth-order valence-corrected chi connectivity index (χ4v) is 3.85. The number of carbonyl (C=O) groups is 1. The lowest BCUT2D eigenvalue weighted by atomic mass is 9.89. The number of carbonyl (C=O) groups excluding carboxylic acids is 1. The molecule has 1 saturated heterocycles. The minimum atomic E-state index is -0.686. The van der Waals surface area contributed by atoms with Crippen LogP contribution in [0.4, 0.5) is 4.39 Å². The van der Waals surface area contributed by atoms with Crippen LogP contribution in [0.15, 0.2) is 66.7 Å². The molecule has 2 aliphatic heterocycles. The summed E-state index contributed by atoms with van der Waals surface area (Å²) >= 11 is 0. The fourth-order valence-electron chi connectivity index (χ4n) is 3.85. The molecule has 1 fully saturated rings. The van der Waals surface area contributed by atoms with Gasteiger partial charge in [0.1, 0.15) is 23.4 Å². The molecule has 1 amide bonds. The summed E-state index contributed by atoms with van der Waals surface area (Å²) in [4.78, 5) is 14.7. The highest BCUT2D eigenvalue weighted by Gasteiger charge is 2.50. The number of hydrogen-bond donors (Lipinski definition) is 0. The summed E-state index contributed by atoms with van der Waals surface area (Å²) < 4.78 is 35.4. The summed E-state index contributed by atoms with van der Waals surface area (Å²) in [7, 11) is 1.59. The number of halogens is 1. The first-order valence-electron chi connectivity index (χ1n) is 9.87. The molecule has 0 saturated carbocycles. The molecule has 0 spiro atoms. The van der Waals surface area contributed by atoms with Crippen molar-refractivity contribution in [2.45, 2.75) is 18.7 Å². The molecule has 3 aromatic carbocycles. The van der Waals surface area contributed by atoms with E-state index in [2.05, 4.69) is 0 Å². The van der Waals surface area contributed by atoms with Gasteiger partial charge in [-0.25, -0.2) is 4.39 Å². The standard InChI is InChI=1S/C24H20FNO5/c1-28-18-7-9-19(10-8-18)31-23-22(16-4-11-20-21(12-16)30-14-29-20)26(24(23)27)13-15-2-5-17(25)6-3-15/h2-12,22-23H,13-14H2,1H3/t22-,23-/m0/s1. The van der Waals surface area contributed by atoms with Crippen molar-refractivity contribution in [3.63, 3.8) is 0 Å². The third-order valence-corrected chi connectivity index (χ3v) is 5.48. The molecule has 0 bridgehead atoms. The van der Waals surface area contributed by atoms with Gasteiger partial charge in [-0.05, 0) is 59.7 Å². The van der Waals surface area contributed by atoms with E-state index in [0.717, 1.165) is 11.1 Å². The Balaban J connectivity index is 1.43. The van der Waals surface area contributed by atoms with E-state index >= 15 is 0 Å². The summed E-state index contributed by atoms with van der Waals surface area (Å²) in [6.07, 6.45) is -0.686. The molecule has 31 heavy (non-hydrogen) atoms. The second-order valence-corrected chi connectivity index (χ2v) is 7.36. The van der Waals surface area contributed by atoms with Crippen molar-refractivity contribution in [2.24, 2.45) is 0 Å².